The molecule has 2 atom stereocenters. The predicted molar refractivity (Wildman–Crippen MR) is 116 cm³/mol. The average Bonchev–Trinajstić information content (AvgIpc) is 3.07. The van der Waals surface area contributed by atoms with Crippen molar-refractivity contribution in [2.75, 3.05) is 67.1 Å². The van der Waals surface area contributed by atoms with Crippen LogP contribution >= 0.6 is 0 Å². The van der Waals surface area contributed by atoms with Crippen LogP contribution in [0.3, 0.4) is 0 Å². The summed E-state index contributed by atoms with van der Waals surface area (Å²) in [5, 5.41) is 2.93. The van der Waals surface area contributed by atoms with Gasteiger partial charge in [0.25, 0.3) is 0 Å². The van der Waals surface area contributed by atoms with E-state index >= 15 is 0 Å². The second kappa shape index (κ2) is 7.07. The number of sulfone groups is 1. The Hall–Kier alpha value is -1.96. The zero-order valence-electron chi connectivity index (χ0n) is 17.6. The number of anilines is 2. The molecule has 1 aromatic carbocycles. The van der Waals surface area contributed by atoms with Crippen molar-refractivity contribution in [2.24, 2.45) is 10.8 Å². The minimum atomic E-state index is -2.86. The Morgan fingerprint density at radius 1 is 0.931 bits per heavy atom. The molecule has 3 aliphatic heterocycles. The second-order valence-corrected chi connectivity index (χ2v) is 11.6. The number of nitrogens with zero attached hydrogens (tertiary/aromatic N) is 3. The van der Waals surface area contributed by atoms with Gasteiger partial charge in [-0.25, -0.2) is 13.2 Å². The quantitative estimate of drug-likeness (QED) is 0.807. The maximum atomic E-state index is 12.3. The van der Waals surface area contributed by atoms with Crippen molar-refractivity contribution in [1.82, 2.24) is 10.2 Å². The maximum absolute atomic E-state index is 12.3. The lowest BCUT2D eigenvalue weighted by Crippen LogP contribution is -2.41. The number of amides is 2. The second-order valence-electron chi connectivity index (χ2n) is 9.32. The molecule has 29 heavy (non-hydrogen) atoms. The van der Waals surface area contributed by atoms with E-state index < -0.39 is 9.84 Å². The van der Waals surface area contributed by atoms with E-state index in [4.69, 9.17) is 0 Å². The molecule has 1 aromatic rings. The molecule has 0 unspecified atom stereocenters. The lowest BCUT2D eigenvalue weighted by atomic mass is 9.71. The molecule has 0 bridgehead atoms. The van der Waals surface area contributed by atoms with Gasteiger partial charge < -0.3 is 20.0 Å². The van der Waals surface area contributed by atoms with Crippen LogP contribution < -0.4 is 15.1 Å². The molecule has 3 heterocycles. The summed E-state index contributed by atoms with van der Waals surface area (Å²) in [5.74, 6) is 0.472. The fraction of sp³-hybridized carbons (Fsp3) is 0.667. The van der Waals surface area contributed by atoms with Gasteiger partial charge in [-0.1, -0.05) is 13.8 Å². The van der Waals surface area contributed by atoms with Crippen molar-refractivity contribution in [3.63, 3.8) is 0 Å². The molecule has 2 amide bonds. The lowest BCUT2D eigenvalue weighted by molar-refractivity contribution is 0.203. The Morgan fingerprint density at radius 2 is 1.41 bits per heavy atom. The Kier molecular flexibility index (Phi) is 4.96. The van der Waals surface area contributed by atoms with Gasteiger partial charge in [0.1, 0.15) is 0 Å². The number of fused-ring (bicyclic) bond motifs is 1. The molecule has 3 fully saturated rings. The maximum Gasteiger partial charge on any atom is 0.317 e. The van der Waals surface area contributed by atoms with Gasteiger partial charge in [-0.05, 0) is 31.2 Å². The van der Waals surface area contributed by atoms with Gasteiger partial charge in [-0.2, -0.15) is 0 Å². The molecule has 1 N–H and O–H groups in total. The van der Waals surface area contributed by atoms with Gasteiger partial charge in [0.05, 0.1) is 11.5 Å². The van der Waals surface area contributed by atoms with E-state index in [-0.39, 0.29) is 28.4 Å². The monoisotopic (exact) mass is 420 g/mol. The number of urea groups is 1. The fourth-order valence-electron chi connectivity index (χ4n) is 5.09. The van der Waals surface area contributed by atoms with Crippen LogP contribution in [0, 0.1) is 10.8 Å². The Balaban J connectivity index is 1.43. The summed E-state index contributed by atoms with van der Waals surface area (Å²) >= 11 is 0. The minimum Gasteiger partial charge on any atom is -0.370 e. The molecule has 160 valence electrons. The van der Waals surface area contributed by atoms with Crippen LogP contribution in [0.4, 0.5) is 16.2 Å². The van der Waals surface area contributed by atoms with Crippen LogP contribution in [0.15, 0.2) is 24.3 Å². The molecule has 0 aliphatic carbocycles. The number of carbonyl (C=O) groups excluding carboxylic acids is 1. The molecule has 3 saturated heterocycles. The highest BCUT2D eigenvalue weighted by Crippen LogP contribution is 2.52. The topological polar surface area (TPSA) is 73.0 Å². The van der Waals surface area contributed by atoms with E-state index in [1.54, 1.807) is 0 Å². The number of rotatable bonds is 3. The van der Waals surface area contributed by atoms with Crippen molar-refractivity contribution in [3.05, 3.63) is 24.3 Å². The van der Waals surface area contributed by atoms with Gasteiger partial charge in [0.2, 0.25) is 0 Å². The Bertz CT molecular complexity index is 854. The molecular formula is C21H32N4O3S. The first-order valence-electron chi connectivity index (χ1n) is 10.5. The number of nitrogens with one attached hydrogen (secondary N) is 1. The van der Waals surface area contributed by atoms with E-state index in [0.29, 0.717) is 19.6 Å². The number of benzene rings is 1. The normalized spacial score (nSPS) is 31.1. The lowest BCUT2D eigenvalue weighted by Gasteiger charge is -2.30. The molecule has 0 radical (unpaired) electrons. The average molecular weight is 421 g/mol. The predicted octanol–water partition coefficient (Wildman–Crippen LogP) is 1.80. The van der Waals surface area contributed by atoms with E-state index in [9.17, 15) is 13.2 Å². The van der Waals surface area contributed by atoms with Crippen LogP contribution in [-0.2, 0) is 9.84 Å². The van der Waals surface area contributed by atoms with E-state index in [1.165, 1.54) is 5.69 Å². The first-order chi connectivity index (χ1) is 13.6. The zero-order valence-corrected chi connectivity index (χ0v) is 18.5. The highest BCUT2D eigenvalue weighted by atomic mass is 32.2. The van der Waals surface area contributed by atoms with Gasteiger partial charge in [0, 0.05) is 68.0 Å². The molecular weight excluding hydrogens is 388 g/mol. The van der Waals surface area contributed by atoms with Crippen LogP contribution in [0.25, 0.3) is 0 Å². The highest BCUT2D eigenvalue weighted by Gasteiger charge is 2.58. The summed E-state index contributed by atoms with van der Waals surface area (Å²) in [6.07, 6.45) is 0. The first-order valence-corrected chi connectivity index (χ1v) is 12.3. The Labute approximate surface area is 174 Å². The molecule has 8 heteroatoms. The van der Waals surface area contributed by atoms with E-state index in [1.807, 2.05) is 11.8 Å². The molecule has 0 aromatic heterocycles. The van der Waals surface area contributed by atoms with Crippen LogP contribution in [0.1, 0.15) is 20.8 Å². The summed E-state index contributed by atoms with van der Waals surface area (Å²) in [5.41, 5.74) is 2.42. The van der Waals surface area contributed by atoms with Crippen LogP contribution in [0.2, 0.25) is 0 Å². The summed E-state index contributed by atoms with van der Waals surface area (Å²) in [6, 6.07) is 8.55. The summed E-state index contributed by atoms with van der Waals surface area (Å²) in [6.45, 7) is 11.8. The zero-order chi connectivity index (χ0) is 20.9. The van der Waals surface area contributed by atoms with Crippen molar-refractivity contribution in [2.45, 2.75) is 20.8 Å². The third kappa shape index (κ3) is 3.67. The van der Waals surface area contributed by atoms with E-state index in [2.05, 4.69) is 53.2 Å². The molecule has 3 aliphatic rings. The SMILES string of the molecule is CCNC(=O)N1C[C@@]2(C)CN(c3ccc(N4CCS(=O)(=O)CC4)cc3)C[C@@]2(C)C1. The first kappa shape index (κ1) is 20.3. The molecule has 0 saturated carbocycles. The number of hydrogen-bond acceptors (Lipinski definition) is 5. The van der Waals surface area contributed by atoms with Crippen molar-refractivity contribution >= 4 is 27.2 Å². The molecule has 7 nitrogen and oxygen atoms in total. The van der Waals surface area contributed by atoms with Gasteiger partial charge in [-0.15, -0.1) is 0 Å². The van der Waals surface area contributed by atoms with Gasteiger partial charge in [0.15, 0.2) is 9.84 Å². The third-order valence-electron chi connectivity index (χ3n) is 7.16. The molecule has 4 rings (SSSR count). The Morgan fingerprint density at radius 3 is 1.90 bits per heavy atom. The fourth-order valence-corrected chi connectivity index (χ4v) is 6.30. The van der Waals surface area contributed by atoms with Gasteiger partial charge >= 0.3 is 6.03 Å². The number of likely N-dealkylation sites (tertiary alicyclic amines) is 1. The number of hydrogen-bond donors (Lipinski definition) is 1. The summed E-state index contributed by atoms with van der Waals surface area (Å²) in [7, 11) is -2.86. The van der Waals surface area contributed by atoms with Gasteiger partial charge in [-0.3, -0.25) is 0 Å². The van der Waals surface area contributed by atoms with Crippen LogP contribution in [0.5, 0.6) is 0 Å². The third-order valence-corrected chi connectivity index (χ3v) is 8.77. The smallest absolute Gasteiger partial charge is 0.317 e. The summed E-state index contributed by atoms with van der Waals surface area (Å²) < 4.78 is 23.3. The number of carbonyl (C=O) groups is 1. The standard InChI is InChI=1S/C21H32N4O3S/c1-4-22-19(26)25-15-20(2)13-24(14-21(20,3)16-25)18-7-5-17(6-8-18)23-9-11-29(27,28)12-10-23/h5-8H,4,9-16H2,1-3H3,(H,22,26)/t20-,21+. The van der Waals surface area contributed by atoms with Crippen molar-refractivity contribution in [3.8, 4) is 0 Å². The highest BCUT2D eigenvalue weighted by molar-refractivity contribution is 7.91. The minimum absolute atomic E-state index is 0.0452. The van der Waals surface area contributed by atoms with Crippen LogP contribution in [-0.4, -0.2) is 76.7 Å². The molecule has 0 spiro atoms. The van der Waals surface area contributed by atoms with Crippen molar-refractivity contribution in [1.29, 1.82) is 0 Å². The summed E-state index contributed by atoms with van der Waals surface area (Å²) in [4.78, 5) is 18.8. The van der Waals surface area contributed by atoms with Crippen molar-refractivity contribution < 1.29 is 13.2 Å². The largest absolute Gasteiger partial charge is 0.370 e. The van der Waals surface area contributed by atoms with E-state index in [0.717, 1.165) is 31.9 Å².